The molecule has 0 bridgehead atoms. The lowest BCUT2D eigenvalue weighted by atomic mass is 10.2. The van der Waals surface area contributed by atoms with Crippen molar-refractivity contribution in [1.82, 2.24) is 10.3 Å². The van der Waals surface area contributed by atoms with Gasteiger partial charge in [0, 0.05) is 17.5 Å². The van der Waals surface area contributed by atoms with Gasteiger partial charge in [-0.2, -0.15) is 0 Å². The molecular formula is C18H15FN2O2S. The SMILES string of the molecule is O=C(Cc1csc(-c2ccc(O)cc2)n1)NCc1ccc(F)cc1. The highest BCUT2D eigenvalue weighted by molar-refractivity contribution is 7.13. The van der Waals surface area contributed by atoms with E-state index in [9.17, 15) is 14.3 Å². The second-order valence-corrected chi connectivity index (χ2v) is 6.13. The summed E-state index contributed by atoms with van der Waals surface area (Å²) in [5, 5.41) is 14.7. The van der Waals surface area contributed by atoms with E-state index in [0.29, 0.717) is 12.2 Å². The third-order valence-corrected chi connectivity index (χ3v) is 4.35. The van der Waals surface area contributed by atoms with Crippen molar-refractivity contribution < 1.29 is 14.3 Å². The number of hydrogen-bond acceptors (Lipinski definition) is 4. The second-order valence-electron chi connectivity index (χ2n) is 5.27. The Labute approximate surface area is 142 Å². The van der Waals surface area contributed by atoms with Crippen LogP contribution >= 0.6 is 11.3 Å². The minimum atomic E-state index is -0.297. The Morgan fingerprint density at radius 1 is 1.12 bits per heavy atom. The standard InChI is InChI=1S/C18H15FN2O2S/c19-14-5-1-12(2-6-14)10-20-17(23)9-15-11-24-18(21-15)13-3-7-16(22)8-4-13/h1-8,11,22H,9-10H2,(H,20,23). The molecule has 1 amide bonds. The van der Waals surface area contributed by atoms with Gasteiger partial charge in [-0.3, -0.25) is 4.79 Å². The summed E-state index contributed by atoms with van der Waals surface area (Å²) < 4.78 is 12.8. The minimum Gasteiger partial charge on any atom is -0.508 e. The molecule has 1 heterocycles. The Kier molecular flexibility index (Phi) is 4.86. The number of thiazole rings is 1. The highest BCUT2D eigenvalue weighted by Gasteiger charge is 2.09. The fraction of sp³-hybridized carbons (Fsp3) is 0.111. The van der Waals surface area contributed by atoms with Gasteiger partial charge < -0.3 is 10.4 Å². The van der Waals surface area contributed by atoms with Crippen LogP contribution in [-0.4, -0.2) is 16.0 Å². The van der Waals surface area contributed by atoms with E-state index in [0.717, 1.165) is 16.1 Å². The summed E-state index contributed by atoms with van der Waals surface area (Å²) in [6.07, 6.45) is 0.190. The molecular weight excluding hydrogens is 327 g/mol. The third-order valence-electron chi connectivity index (χ3n) is 3.41. The molecule has 6 heteroatoms. The summed E-state index contributed by atoms with van der Waals surface area (Å²) in [5.41, 5.74) is 2.43. The molecule has 0 radical (unpaired) electrons. The number of carbonyl (C=O) groups excluding carboxylic acids is 1. The van der Waals surface area contributed by atoms with Crippen molar-refractivity contribution in [2.45, 2.75) is 13.0 Å². The molecule has 0 spiro atoms. The van der Waals surface area contributed by atoms with E-state index in [4.69, 9.17) is 0 Å². The van der Waals surface area contributed by atoms with E-state index < -0.39 is 0 Å². The molecule has 3 rings (SSSR count). The molecule has 3 aromatic rings. The van der Waals surface area contributed by atoms with Gasteiger partial charge >= 0.3 is 0 Å². The Hall–Kier alpha value is -2.73. The van der Waals surface area contributed by atoms with Crippen molar-refractivity contribution in [3.63, 3.8) is 0 Å². The maximum Gasteiger partial charge on any atom is 0.226 e. The van der Waals surface area contributed by atoms with E-state index in [-0.39, 0.29) is 23.9 Å². The molecule has 2 N–H and O–H groups in total. The van der Waals surface area contributed by atoms with E-state index in [2.05, 4.69) is 10.3 Å². The Morgan fingerprint density at radius 2 is 1.83 bits per heavy atom. The number of rotatable bonds is 5. The highest BCUT2D eigenvalue weighted by atomic mass is 32.1. The van der Waals surface area contributed by atoms with Crippen molar-refractivity contribution in [3.05, 3.63) is 71.0 Å². The molecule has 0 saturated carbocycles. The zero-order chi connectivity index (χ0) is 16.9. The van der Waals surface area contributed by atoms with Gasteiger partial charge in [-0.15, -0.1) is 11.3 Å². The summed E-state index contributed by atoms with van der Waals surface area (Å²) in [7, 11) is 0. The molecule has 24 heavy (non-hydrogen) atoms. The summed E-state index contributed by atoms with van der Waals surface area (Å²) in [5.74, 6) is -0.230. The number of hydrogen-bond donors (Lipinski definition) is 2. The van der Waals surface area contributed by atoms with Gasteiger partial charge in [0.2, 0.25) is 5.91 Å². The van der Waals surface area contributed by atoms with Crippen LogP contribution in [0.2, 0.25) is 0 Å². The lowest BCUT2D eigenvalue weighted by Crippen LogP contribution is -2.24. The van der Waals surface area contributed by atoms with Crippen LogP contribution in [0.3, 0.4) is 0 Å². The van der Waals surface area contributed by atoms with Gasteiger partial charge in [0.15, 0.2) is 0 Å². The quantitative estimate of drug-likeness (QED) is 0.746. The molecule has 0 aliphatic carbocycles. The Bertz CT molecular complexity index is 829. The predicted molar refractivity (Wildman–Crippen MR) is 91.2 cm³/mol. The normalized spacial score (nSPS) is 10.5. The number of aromatic hydroxyl groups is 1. The van der Waals surface area contributed by atoms with Crippen LogP contribution in [0.25, 0.3) is 10.6 Å². The first kappa shape index (κ1) is 16.1. The van der Waals surface area contributed by atoms with Gasteiger partial charge in [-0.25, -0.2) is 9.37 Å². The number of benzene rings is 2. The fourth-order valence-corrected chi connectivity index (χ4v) is 2.98. The number of nitrogens with one attached hydrogen (secondary N) is 1. The number of phenols is 1. The van der Waals surface area contributed by atoms with Crippen LogP contribution in [0.15, 0.2) is 53.9 Å². The topological polar surface area (TPSA) is 62.2 Å². The van der Waals surface area contributed by atoms with Crippen molar-refractivity contribution >= 4 is 17.2 Å². The average molecular weight is 342 g/mol. The first-order valence-electron chi connectivity index (χ1n) is 7.35. The Morgan fingerprint density at radius 3 is 2.54 bits per heavy atom. The smallest absolute Gasteiger partial charge is 0.226 e. The molecule has 122 valence electrons. The molecule has 2 aromatic carbocycles. The molecule has 0 aliphatic rings. The Balaban J connectivity index is 1.57. The maximum atomic E-state index is 12.8. The average Bonchev–Trinajstić information content (AvgIpc) is 3.03. The second kappa shape index (κ2) is 7.23. The van der Waals surface area contributed by atoms with E-state index in [1.165, 1.54) is 23.5 Å². The van der Waals surface area contributed by atoms with Crippen LogP contribution in [0, 0.1) is 5.82 Å². The van der Waals surface area contributed by atoms with Gasteiger partial charge in [0.1, 0.15) is 16.6 Å². The van der Waals surface area contributed by atoms with E-state index in [1.807, 2.05) is 5.38 Å². The largest absolute Gasteiger partial charge is 0.508 e. The van der Waals surface area contributed by atoms with Crippen molar-refractivity contribution in [1.29, 1.82) is 0 Å². The van der Waals surface area contributed by atoms with Gasteiger partial charge in [0.05, 0.1) is 12.1 Å². The first-order chi connectivity index (χ1) is 11.6. The fourth-order valence-electron chi connectivity index (χ4n) is 2.15. The zero-order valence-corrected chi connectivity index (χ0v) is 13.5. The van der Waals surface area contributed by atoms with Crippen LogP contribution in [0.1, 0.15) is 11.3 Å². The first-order valence-corrected chi connectivity index (χ1v) is 8.23. The van der Waals surface area contributed by atoms with Crippen molar-refractivity contribution in [2.24, 2.45) is 0 Å². The molecule has 1 aromatic heterocycles. The van der Waals surface area contributed by atoms with E-state index >= 15 is 0 Å². The van der Waals surface area contributed by atoms with Crippen LogP contribution < -0.4 is 5.32 Å². The van der Waals surface area contributed by atoms with E-state index in [1.54, 1.807) is 36.4 Å². The number of amides is 1. The summed E-state index contributed by atoms with van der Waals surface area (Å²) >= 11 is 1.45. The molecule has 4 nitrogen and oxygen atoms in total. The minimum absolute atomic E-state index is 0.137. The predicted octanol–water partition coefficient (Wildman–Crippen LogP) is 3.51. The summed E-state index contributed by atoms with van der Waals surface area (Å²) in [4.78, 5) is 16.4. The molecule has 0 aliphatic heterocycles. The van der Waals surface area contributed by atoms with Crippen LogP contribution in [0.4, 0.5) is 4.39 Å². The van der Waals surface area contributed by atoms with Crippen LogP contribution in [0.5, 0.6) is 5.75 Å². The zero-order valence-electron chi connectivity index (χ0n) is 12.7. The van der Waals surface area contributed by atoms with Gasteiger partial charge in [-0.05, 0) is 42.0 Å². The molecule has 0 unspecified atom stereocenters. The molecule has 0 saturated heterocycles. The summed E-state index contributed by atoms with van der Waals surface area (Å²) in [6, 6.07) is 12.8. The molecule has 0 fully saturated rings. The number of halogens is 1. The van der Waals surface area contributed by atoms with Crippen LogP contribution in [-0.2, 0) is 17.8 Å². The number of phenolic OH excluding ortho intramolecular Hbond substituents is 1. The number of carbonyl (C=O) groups is 1. The lowest BCUT2D eigenvalue weighted by Gasteiger charge is -2.04. The third kappa shape index (κ3) is 4.17. The van der Waals surface area contributed by atoms with Crippen molar-refractivity contribution in [3.8, 4) is 16.3 Å². The lowest BCUT2D eigenvalue weighted by molar-refractivity contribution is -0.120. The maximum absolute atomic E-state index is 12.8. The highest BCUT2D eigenvalue weighted by Crippen LogP contribution is 2.25. The van der Waals surface area contributed by atoms with Gasteiger partial charge in [-0.1, -0.05) is 12.1 Å². The monoisotopic (exact) mass is 342 g/mol. The number of nitrogens with zero attached hydrogens (tertiary/aromatic N) is 1. The number of aromatic nitrogens is 1. The molecule has 0 atom stereocenters. The van der Waals surface area contributed by atoms with Gasteiger partial charge in [0.25, 0.3) is 0 Å². The summed E-state index contributed by atoms with van der Waals surface area (Å²) in [6.45, 7) is 0.355. The van der Waals surface area contributed by atoms with Crippen molar-refractivity contribution in [2.75, 3.05) is 0 Å².